The molecule has 106 heavy (non-hydrogen) atoms. The summed E-state index contributed by atoms with van der Waals surface area (Å²) in [6, 6.07) is 0. The van der Waals surface area contributed by atoms with Gasteiger partial charge in [0.2, 0.25) is 70.9 Å². The summed E-state index contributed by atoms with van der Waals surface area (Å²) >= 11 is 30.4. The number of aliphatic hydroxyl groups is 12. The maximum absolute atomic E-state index is 12.7. The average molecular weight is 1610 g/mol. The van der Waals surface area contributed by atoms with Gasteiger partial charge in [-0.25, -0.2) is 0 Å². The molecule has 12 N–H and O–H groups in total. The number of carbonyl (C=O) groups is 12. The second-order valence-corrected chi connectivity index (χ2v) is 28.0. The van der Waals surface area contributed by atoms with E-state index in [1.807, 2.05) is 0 Å². The Labute approximate surface area is 644 Å². The SMILES string of the molecule is CC1(C)C(=O)N(CCO)C(=S)N(CCO)C1=O.CCC1(CC)C(=O)N(CCO)C(=S)N(CCO)C1=O.O=C1CC(=O)N(CCO)C(=S)N1CCO.O=C1N(CCO)C(=S)N(CCO)C(=O)C12CC2.O=C1N(CCO)C(=S)N(CCO)C(=O)C12CCC2.O=C1N(CCO)C(=S)N(CCO)C(=O)C12CCCCC2. The average Bonchev–Trinajstić information content (AvgIpc) is 1.44. The second kappa shape index (κ2) is 41.5. The maximum atomic E-state index is 12.7. The van der Waals surface area contributed by atoms with Crippen LogP contribution in [0.1, 0.15) is 111 Å². The summed E-state index contributed by atoms with van der Waals surface area (Å²) in [5.74, 6) is -4.14. The summed E-state index contributed by atoms with van der Waals surface area (Å²) in [6.45, 7) is 4.93. The van der Waals surface area contributed by atoms with Crippen molar-refractivity contribution in [3.8, 4) is 0 Å². The van der Waals surface area contributed by atoms with Crippen molar-refractivity contribution >= 4 is 175 Å². The normalized spacial score (nSPS) is 20.9. The van der Waals surface area contributed by atoms with E-state index in [1.54, 1.807) is 13.8 Å². The molecule has 12 amide bonds. The first-order valence-corrected chi connectivity index (χ1v) is 37.0. The highest BCUT2D eigenvalue weighted by atomic mass is 32.1. The Bertz CT molecular complexity index is 3080. The predicted octanol–water partition coefficient (Wildman–Crippen LogP) is -5.32. The van der Waals surface area contributed by atoms with Crippen LogP contribution in [0.25, 0.3) is 0 Å². The molecule has 42 heteroatoms. The number of hydrogen-bond donors (Lipinski definition) is 12. The number of nitrogens with zero attached hydrogens (tertiary/aromatic N) is 12. The van der Waals surface area contributed by atoms with Crippen LogP contribution in [0.15, 0.2) is 0 Å². The summed E-state index contributed by atoms with van der Waals surface area (Å²) < 4.78 is 0. The smallest absolute Gasteiger partial charge is 0.244 e. The molecule has 6 heterocycles. The molecule has 0 bridgehead atoms. The molecule has 6 aliphatic heterocycles. The third-order valence-corrected chi connectivity index (χ3v) is 21.9. The number of carbonyl (C=O) groups excluding carboxylic acids is 12. The Morgan fingerprint density at radius 3 is 0.623 bits per heavy atom. The van der Waals surface area contributed by atoms with Gasteiger partial charge in [0, 0.05) is 0 Å². The molecule has 9 rings (SSSR count). The van der Waals surface area contributed by atoms with Gasteiger partial charge in [-0.3, -0.25) is 116 Å². The van der Waals surface area contributed by atoms with E-state index in [0.29, 0.717) is 51.4 Å². The van der Waals surface area contributed by atoms with Crippen LogP contribution in [-0.4, -0.2) is 379 Å². The van der Waals surface area contributed by atoms with E-state index in [1.165, 1.54) is 72.6 Å². The molecule has 0 atom stereocenters. The van der Waals surface area contributed by atoms with Gasteiger partial charge in [-0.2, -0.15) is 0 Å². The van der Waals surface area contributed by atoms with E-state index in [4.69, 9.17) is 135 Å². The molecular weight excluding hydrogens is 1510 g/mol. The quantitative estimate of drug-likeness (QED) is 0.0284. The summed E-state index contributed by atoms with van der Waals surface area (Å²) in [5, 5.41) is 108. The highest BCUT2D eigenvalue weighted by molar-refractivity contribution is 7.81. The van der Waals surface area contributed by atoms with Crippen LogP contribution in [0, 0.1) is 27.1 Å². The van der Waals surface area contributed by atoms with Crippen LogP contribution < -0.4 is 0 Å². The monoisotopic (exact) mass is 1610 g/mol. The molecule has 3 saturated carbocycles. The van der Waals surface area contributed by atoms with Crippen LogP contribution >= 0.6 is 73.3 Å². The standard InChI is InChI=1S/C13H20N2O4S.C12H20N2O4S.C11H16N2O4S.C10H14N2O4S.C10H16N2O4S.C8H12N2O4S/c16-8-6-14-10(18)13(4-2-1-3-5-13)11(19)15(7-9-17)12(14)20;1-3-12(4-2)9(17)13(5-7-15)11(19)14(6-8-16)10(12)18;14-6-4-12-8(16)11(2-1-3-11)9(17)13(5-7-15)10(12)18;13-5-3-11-7(15)10(1-2-10)8(16)12(4-6-14)9(11)17;1-10(2)7(15)11(3-5-13)9(17)12(4-6-14)8(10)16;11-3-1-9-6(13)5-7(14)10(2-4-12)8(9)15/h16-17H,1-9H2;15-16H,3-8H2,1-2H3;14-15H,1-7H2;13-14H,1-6H2;13-14H,3-6H2,1-2H3;11-12H,1-5H2. The Morgan fingerprint density at radius 1 is 0.255 bits per heavy atom. The van der Waals surface area contributed by atoms with Crippen LogP contribution in [-0.2, 0) is 57.5 Å². The van der Waals surface area contributed by atoms with Gasteiger partial charge >= 0.3 is 0 Å². The lowest BCUT2D eigenvalue weighted by Crippen LogP contribution is -2.67. The summed E-state index contributed by atoms with van der Waals surface area (Å²) in [7, 11) is 0. The second-order valence-electron chi connectivity index (χ2n) is 25.8. The summed E-state index contributed by atoms with van der Waals surface area (Å²) in [5.41, 5.74) is -5.34. The molecule has 0 radical (unpaired) electrons. The first-order valence-electron chi connectivity index (χ1n) is 34.6. The highest BCUT2D eigenvalue weighted by Crippen LogP contribution is 2.51. The van der Waals surface area contributed by atoms with Gasteiger partial charge in [0.05, 0.1) is 158 Å². The number of thiocarbonyl (C=S) groups is 6. The number of amides is 12. The molecule has 36 nitrogen and oxygen atoms in total. The first-order chi connectivity index (χ1) is 50.2. The van der Waals surface area contributed by atoms with E-state index < -0.39 is 50.7 Å². The Morgan fingerprint density at radius 2 is 0.434 bits per heavy atom. The minimum Gasteiger partial charge on any atom is -0.395 e. The molecule has 3 spiro atoms. The van der Waals surface area contributed by atoms with Gasteiger partial charge in [-0.15, -0.1) is 0 Å². The third-order valence-electron chi connectivity index (χ3n) is 19.2. The van der Waals surface area contributed by atoms with Gasteiger partial charge in [0.25, 0.3) is 0 Å². The molecule has 6 saturated heterocycles. The fraction of sp³-hybridized carbons (Fsp3) is 0.719. The fourth-order valence-electron chi connectivity index (χ4n) is 13.0. The van der Waals surface area contributed by atoms with Crippen molar-refractivity contribution in [3.63, 3.8) is 0 Å². The van der Waals surface area contributed by atoms with Crippen LogP contribution in [0.2, 0.25) is 0 Å². The molecule has 0 aromatic heterocycles. The van der Waals surface area contributed by atoms with Gasteiger partial charge < -0.3 is 61.3 Å². The van der Waals surface area contributed by atoms with Crippen molar-refractivity contribution in [2.75, 3.05) is 158 Å². The fourth-order valence-corrected chi connectivity index (χ4v) is 15.2. The van der Waals surface area contributed by atoms with E-state index in [-0.39, 0.29) is 242 Å². The van der Waals surface area contributed by atoms with Crippen LogP contribution in [0.4, 0.5) is 0 Å². The topological polar surface area (TPSA) is 486 Å². The largest absolute Gasteiger partial charge is 0.395 e. The third kappa shape index (κ3) is 19.1. The van der Waals surface area contributed by atoms with E-state index in [2.05, 4.69) is 0 Å². The zero-order valence-corrected chi connectivity index (χ0v) is 64.6. The maximum Gasteiger partial charge on any atom is 0.244 e. The molecule has 0 unspecified atom stereocenters. The van der Waals surface area contributed by atoms with E-state index >= 15 is 0 Å². The summed E-state index contributed by atoms with van der Waals surface area (Å²) in [4.78, 5) is 161. The van der Waals surface area contributed by atoms with Crippen molar-refractivity contribution in [1.29, 1.82) is 0 Å². The Hall–Kier alpha value is -6.30. The highest BCUT2D eigenvalue weighted by Gasteiger charge is 2.64. The zero-order chi connectivity index (χ0) is 80.0. The van der Waals surface area contributed by atoms with Gasteiger partial charge in [-0.05, 0) is 139 Å². The van der Waals surface area contributed by atoms with Crippen molar-refractivity contribution in [2.45, 2.75) is 111 Å². The molecule has 0 aromatic carbocycles. The van der Waals surface area contributed by atoms with Crippen molar-refractivity contribution in [2.24, 2.45) is 27.1 Å². The minimum atomic E-state index is -1.22. The van der Waals surface area contributed by atoms with Crippen molar-refractivity contribution in [1.82, 2.24) is 58.8 Å². The van der Waals surface area contributed by atoms with Crippen LogP contribution in [0.5, 0.6) is 0 Å². The number of β-amino-alcohol motifs (C(OH)–C–C–N with tert-alkyl or cyclic N) is 12. The zero-order valence-electron chi connectivity index (χ0n) is 59.7. The molecule has 594 valence electrons. The Kier molecular flexibility index (Phi) is 36.0. The molecule has 0 aromatic rings. The van der Waals surface area contributed by atoms with Crippen LogP contribution in [0.3, 0.4) is 0 Å². The van der Waals surface area contributed by atoms with Gasteiger partial charge in [0.15, 0.2) is 30.7 Å². The van der Waals surface area contributed by atoms with Gasteiger partial charge in [0.1, 0.15) is 33.5 Å². The van der Waals surface area contributed by atoms with E-state index in [0.717, 1.165) is 25.7 Å². The molecule has 3 aliphatic carbocycles. The molecule has 9 fully saturated rings. The lowest BCUT2D eigenvalue weighted by molar-refractivity contribution is -0.164. The number of aliphatic hydroxyl groups excluding tert-OH is 12. The van der Waals surface area contributed by atoms with E-state index in [9.17, 15) is 57.5 Å². The lowest BCUT2D eigenvalue weighted by Gasteiger charge is -2.49. The predicted molar refractivity (Wildman–Crippen MR) is 396 cm³/mol. The summed E-state index contributed by atoms with van der Waals surface area (Å²) in [6.07, 6.45) is 7.16. The number of hydrogen-bond acceptors (Lipinski definition) is 30. The molecule has 9 aliphatic rings. The lowest BCUT2D eigenvalue weighted by atomic mass is 9.66. The Balaban J connectivity index is 0.000000270. The van der Waals surface area contributed by atoms with Crippen molar-refractivity contribution < 1.29 is 119 Å². The minimum absolute atomic E-state index is 0.0439. The molecular formula is C64H98N12O24S6. The number of rotatable bonds is 26. The van der Waals surface area contributed by atoms with Gasteiger partial charge in [-0.1, -0.05) is 39.5 Å². The first kappa shape index (κ1) is 92.1. The van der Waals surface area contributed by atoms with Crippen molar-refractivity contribution in [3.05, 3.63) is 0 Å².